The highest BCUT2D eigenvalue weighted by Crippen LogP contribution is 2.08. The Morgan fingerprint density at radius 1 is 1.06 bits per heavy atom. The molecule has 0 aromatic rings. The Hall–Kier alpha value is -0.570. The van der Waals surface area contributed by atoms with Gasteiger partial charge in [0.15, 0.2) is 0 Å². The molecule has 0 rings (SSSR count). The van der Waals surface area contributed by atoms with Crippen molar-refractivity contribution in [3.8, 4) is 0 Å². The minimum absolute atomic E-state index is 0.310. The van der Waals surface area contributed by atoms with E-state index in [1.807, 2.05) is 0 Å². The molecule has 0 aliphatic carbocycles. The molecule has 0 aliphatic rings. The molecule has 0 saturated carbocycles. The van der Waals surface area contributed by atoms with Gasteiger partial charge in [0.2, 0.25) is 0 Å². The molecular weight excluding hydrogens is 214 g/mol. The van der Waals surface area contributed by atoms with E-state index in [1.165, 1.54) is 25.7 Å². The van der Waals surface area contributed by atoms with Crippen LogP contribution in [0.5, 0.6) is 0 Å². The SMILES string of the molecule is CCCCCCC(C)NC(CCCC)C(=O)O. The van der Waals surface area contributed by atoms with Crippen molar-refractivity contribution < 1.29 is 9.90 Å². The minimum Gasteiger partial charge on any atom is -0.480 e. The van der Waals surface area contributed by atoms with Crippen molar-refractivity contribution in [1.82, 2.24) is 5.32 Å². The van der Waals surface area contributed by atoms with Gasteiger partial charge in [-0.3, -0.25) is 4.79 Å². The van der Waals surface area contributed by atoms with Crippen LogP contribution in [0.2, 0.25) is 0 Å². The van der Waals surface area contributed by atoms with E-state index in [1.54, 1.807) is 0 Å². The van der Waals surface area contributed by atoms with Crippen LogP contribution in [0.1, 0.15) is 72.1 Å². The average Bonchev–Trinajstić information content (AvgIpc) is 2.29. The summed E-state index contributed by atoms with van der Waals surface area (Å²) in [6.45, 7) is 6.38. The summed E-state index contributed by atoms with van der Waals surface area (Å²) in [6, 6.07) is -0.0547. The zero-order chi connectivity index (χ0) is 13.1. The molecule has 0 radical (unpaired) electrons. The van der Waals surface area contributed by atoms with E-state index in [-0.39, 0.29) is 6.04 Å². The normalized spacial score (nSPS) is 14.5. The number of hydrogen-bond acceptors (Lipinski definition) is 2. The van der Waals surface area contributed by atoms with Gasteiger partial charge in [-0.1, -0.05) is 52.4 Å². The number of carboxylic acid groups (broad SMARTS) is 1. The largest absolute Gasteiger partial charge is 0.480 e. The van der Waals surface area contributed by atoms with Crippen LogP contribution in [-0.4, -0.2) is 23.2 Å². The van der Waals surface area contributed by atoms with E-state index in [0.717, 1.165) is 25.7 Å². The van der Waals surface area contributed by atoms with Crippen LogP contribution in [0, 0.1) is 0 Å². The molecule has 0 spiro atoms. The Labute approximate surface area is 106 Å². The zero-order valence-corrected chi connectivity index (χ0v) is 11.7. The number of carboxylic acids is 1. The maximum Gasteiger partial charge on any atom is 0.320 e. The van der Waals surface area contributed by atoms with E-state index in [0.29, 0.717) is 6.04 Å². The second-order valence-corrected chi connectivity index (χ2v) is 4.95. The Kier molecular flexibility index (Phi) is 10.2. The Morgan fingerprint density at radius 2 is 1.71 bits per heavy atom. The molecule has 3 heteroatoms. The fourth-order valence-electron chi connectivity index (χ4n) is 1.99. The summed E-state index contributed by atoms with van der Waals surface area (Å²) >= 11 is 0. The maximum absolute atomic E-state index is 11.1. The minimum atomic E-state index is -0.709. The van der Waals surface area contributed by atoms with Gasteiger partial charge in [0.25, 0.3) is 0 Å². The van der Waals surface area contributed by atoms with Gasteiger partial charge in [-0.2, -0.15) is 0 Å². The van der Waals surface area contributed by atoms with Crippen molar-refractivity contribution in [2.24, 2.45) is 0 Å². The smallest absolute Gasteiger partial charge is 0.320 e. The van der Waals surface area contributed by atoms with Crippen molar-refractivity contribution in [2.45, 2.75) is 84.2 Å². The number of carbonyl (C=O) groups is 1. The monoisotopic (exact) mass is 243 g/mol. The molecule has 2 unspecified atom stereocenters. The highest BCUT2D eigenvalue weighted by molar-refractivity contribution is 5.73. The lowest BCUT2D eigenvalue weighted by Crippen LogP contribution is -2.42. The highest BCUT2D eigenvalue weighted by atomic mass is 16.4. The third-order valence-electron chi connectivity index (χ3n) is 3.12. The van der Waals surface area contributed by atoms with Crippen LogP contribution < -0.4 is 5.32 Å². The van der Waals surface area contributed by atoms with E-state index in [2.05, 4.69) is 26.1 Å². The molecule has 0 amide bonds. The summed E-state index contributed by atoms with van der Waals surface area (Å²) in [7, 11) is 0. The molecule has 0 fully saturated rings. The van der Waals surface area contributed by atoms with E-state index in [9.17, 15) is 4.79 Å². The van der Waals surface area contributed by atoms with Crippen molar-refractivity contribution in [3.05, 3.63) is 0 Å². The first-order chi connectivity index (χ1) is 8.11. The fraction of sp³-hybridized carbons (Fsp3) is 0.929. The molecule has 0 aromatic carbocycles. The number of rotatable bonds is 11. The van der Waals surface area contributed by atoms with Gasteiger partial charge in [-0.15, -0.1) is 0 Å². The Morgan fingerprint density at radius 3 is 2.24 bits per heavy atom. The lowest BCUT2D eigenvalue weighted by molar-refractivity contribution is -0.139. The third kappa shape index (κ3) is 9.16. The summed E-state index contributed by atoms with van der Waals surface area (Å²) in [5, 5.41) is 12.3. The van der Waals surface area contributed by atoms with Gasteiger partial charge in [-0.05, 0) is 19.8 Å². The standard InChI is InChI=1S/C14H29NO2/c1-4-6-8-9-10-12(3)15-13(14(16)17)11-7-5-2/h12-13,15H,4-11H2,1-3H3,(H,16,17). The average molecular weight is 243 g/mol. The lowest BCUT2D eigenvalue weighted by atomic mass is 10.1. The molecule has 0 heterocycles. The molecular formula is C14H29NO2. The van der Waals surface area contributed by atoms with Crippen LogP contribution in [0.3, 0.4) is 0 Å². The summed E-state index contributed by atoms with van der Waals surface area (Å²) in [5.41, 5.74) is 0. The number of unbranched alkanes of at least 4 members (excludes halogenated alkanes) is 4. The molecule has 0 aromatic heterocycles. The maximum atomic E-state index is 11.1. The second-order valence-electron chi connectivity index (χ2n) is 4.95. The first-order valence-corrected chi connectivity index (χ1v) is 7.10. The molecule has 3 nitrogen and oxygen atoms in total. The van der Waals surface area contributed by atoms with Gasteiger partial charge in [0, 0.05) is 6.04 Å². The van der Waals surface area contributed by atoms with Crippen molar-refractivity contribution in [3.63, 3.8) is 0 Å². The van der Waals surface area contributed by atoms with Crippen molar-refractivity contribution in [2.75, 3.05) is 0 Å². The topological polar surface area (TPSA) is 49.3 Å². The molecule has 17 heavy (non-hydrogen) atoms. The van der Waals surface area contributed by atoms with E-state index in [4.69, 9.17) is 5.11 Å². The Balaban J connectivity index is 3.78. The first kappa shape index (κ1) is 16.4. The molecule has 0 aliphatic heterocycles. The van der Waals surface area contributed by atoms with Gasteiger partial charge < -0.3 is 10.4 Å². The van der Waals surface area contributed by atoms with Crippen LogP contribution in [-0.2, 0) is 4.79 Å². The predicted molar refractivity (Wildman–Crippen MR) is 72.3 cm³/mol. The summed E-state index contributed by atoms with van der Waals surface area (Å²) < 4.78 is 0. The number of nitrogens with one attached hydrogen (secondary N) is 1. The van der Waals surface area contributed by atoms with E-state index < -0.39 is 5.97 Å². The second kappa shape index (κ2) is 10.6. The summed E-state index contributed by atoms with van der Waals surface area (Å²) in [4.78, 5) is 11.1. The molecule has 0 saturated heterocycles. The molecule has 102 valence electrons. The lowest BCUT2D eigenvalue weighted by Gasteiger charge is -2.20. The highest BCUT2D eigenvalue weighted by Gasteiger charge is 2.18. The van der Waals surface area contributed by atoms with E-state index >= 15 is 0 Å². The van der Waals surface area contributed by atoms with Crippen LogP contribution in [0.15, 0.2) is 0 Å². The summed E-state index contributed by atoms with van der Waals surface area (Å²) in [5.74, 6) is -0.709. The Bertz CT molecular complexity index is 195. The van der Waals surface area contributed by atoms with Crippen LogP contribution in [0.4, 0.5) is 0 Å². The number of hydrogen-bond donors (Lipinski definition) is 2. The summed E-state index contributed by atoms with van der Waals surface area (Å²) in [6.07, 6.45) is 8.84. The van der Waals surface area contributed by atoms with Crippen molar-refractivity contribution >= 4 is 5.97 Å². The van der Waals surface area contributed by atoms with Crippen LogP contribution >= 0.6 is 0 Å². The predicted octanol–water partition coefficient (Wildman–Crippen LogP) is 3.58. The third-order valence-corrected chi connectivity index (χ3v) is 3.12. The first-order valence-electron chi connectivity index (χ1n) is 7.10. The van der Waals surface area contributed by atoms with Gasteiger partial charge in [0.05, 0.1) is 0 Å². The van der Waals surface area contributed by atoms with Gasteiger partial charge in [-0.25, -0.2) is 0 Å². The quantitative estimate of drug-likeness (QED) is 0.545. The fourth-order valence-corrected chi connectivity index (χ4v) is 1.99. The number of aliphatic carboxylic acids is 1. The van der Waals surface area contributed by atoms with Crippen molar-refractivity contribution in [1.29, 1.82) is 0 Å². The molecule has 2 N–H and O–H groups in total. The van der Waals surface area contributed by atoms with Gasteiger partial charge >= 0.3 is 5.97 Å². The molecule has 2 atom stereocenters. The van der Waals surface area contributed by atoms with Gasteiger partial charge in [0.1, 0.15) is 6.04 Å². The zero-order valence-electron chi connectivity index (χ0n) is 11.7. The van der Waals surface area contributed by atoms with Crippen LogP contribution in [0.25, 0.3) is 0 Å². The molecule has 0 bridgehead atoms.